The standard InChI is InChI=1S/C12H20N4O3S/c1-3-4-5-20-9(2)12(19)13-6-10-7-16(15-14-10)8-11(17)18/h7,9H,3-6,8H2,1-2H3,(H,13,19)(H,17,18). The maximum absolute atomic E-state index is 11.8. The molecule has 2 N–H and O–H groups in total. The van der Waals surface area contributed by atoms with E-state index in [1.807, 2.05) is 6.92 Å². The summed E-state index contributed by atoms with van der Waals surface area (Å²) >= 11 is 1.63. The molecule has 8 heteroatoms. The molecule has 0 bridgehead atoms. The molecule has 0 aliphatic heterocycles. The lowest BCUT2D eigenvalue weighted by atomic mass is 10.4. The molecule has 1 rings (SSSR count). The number of aromatic nitrogens is 3. The van der Waals surface area contributed by atoms with Gasteiger partial charge >= 0.3 is 5.97 Å². The number of amides is 1. The van der Waals surface area contributed by atoms with Crippen molar-refractivity contribution < 1.29 is 14.7 Å². The Morgan fingerprint density at radius 1 is 1.55 bits per heavy atom. The summed E-state index contributed by atoms with van der Waals surface area (Å²) in [6.45, 7) is 4.02. The van der Waals surface area contributed by atoms with Crippen LogP contribution in [-0.2, 0) is 22.7 Å². The number of unbranched alkanes of at least 4 members (excludes halogenated alkanes) is 1. The first-order valence-corrected chi connectivity index (χ1v) is 7.58. The Morgan fingerprint density at radius 2 is 2.30 bits per heavy atom. The third kappa shape index (κ3) is 6.05. The van der Waals surface area contributed by atoms with Gasteiger partial charge < -0.3 is 10.4 Å². The molecule has 0 aliphatic rings. The van der Waals surface area contributed by atoms with Gasteiger partial charge in [0.1, 0.15) is 12.2 Å². The van der Waals surface area contributed by atoms with E-state index >= 15 is 0 Å². The highest BCUT2D eigenvalue weighted by Gasteiger charge is 2.13. The Hall–Kier alpha value is -1.57. The monoisotopic (exact) mass is 300 g/mol. The summed E-state index contributed by atoms with van der Waals surface area (Å²) in [4.78, 5) is 22.3. The summed E-state index contributed by atoms with van der Waals surface area (Å²) in [6.07, 6.45) is 3.74. The van der Waals surface area contributed by atoms with Crippen molar-refractivity contribution in [2.75, 3.05) is 5.75 Å². The molecule has 1 aromatic heterocycles. The highest BCUT2D eigenvalue weighted by atomic mass is 32.2. The number of hydrogen-bond donors (Lipinski definition) is 2. The normalized spacial score (nSPS) is 12.1. The van der Waals surface area contributed by atoms with Gasteiger partial charge in [0, 0.05) is 0 Å². The summed E-state index contributed by atoms with van der Waals surface area (Å²) < 4.78 is 1.23. The Bertz CT molecular complexity index is 450. The van der Waals surface area contributed by atoms with E-state index in [2.05, 4.69) is 22.6 Å². The van der Waals surface area contributed by atoms with Crippen molar-refractivity contribution >= 4 is 23.6 Å². The zero-order valence-corrected chi connectivity index (χ0v) is 12.5. The number of nitrogens with one attached hydrogen (secondary N) is 1. The number of hydrogen-bond acceptors (Lipinski definition) is 5. The topological polar surface area (TPSA) is 97.1 Å². The van der Waals surface area contributed by atoms with E-state index in [9.17, 15) is 9.59 Å². The number of carbonyl (C=O) groups excluding carboxylic acids is 1. The SMILES string of the molecule is CCCCSC(C)C(=O)NCc1cn(CC(=O)O)nn1. The number of nitrogens with zero attached hydrogens (tertiary/aromatic N) is 3. The van der Waals surface area contributed by atoms with Gasteiger partial charge in [0.15, 0.2) is 0 Å². The van der Waals surface area contributed by atoms with Crippen LogP contribution in [0.3, 0.4) is 0 Å². The molecule has 7 nitrogen and oxygen atoms in total. The lowest BCUT2D eigenvalue weighted by Gasteiger charge is -2.10. The molecule has 1 unspecified atom stereocenters. The number of carbonyl (C=O) groups is 2. The van der Waals surface area contributed by atoms with E-state index in [0.29, 0.717) is 5.69 Å². The van der Waals surface area contributed by atoms with E-state index in [-0.39, 0.29) is 24.2 Å². The van der Waals surface area contributed by atoms with Crippen LogP contribution >= 0.6 is 11.8 Å². The minimum atomic E-state index is -0.980. The number of carboxylic acids is 1. The molecule has 0 fully saturated rings. The minimum absolute atomic E-state index is 0.0427. The zero-order chi connectivity index (χ0) is 15.0. The van der Waals surface area contributed by atoms with Crippen molar-refractivity contribution in [3.8, 4) is 0 Å². The smallest absolute Gasteiger partial charge is 0.325 e. The van der Waals surface area contributed by atoms with Crippen LogP contribution in [0.15, 0.2) is 6.20 Å². The Labute approximate surface area is 122 Å². The maximum Gasteiger partial charge on any atom is 0.325 e. The number of thioether (sulfide) groups is 1. The van der Waals surface area contributed by atoms with Gasteiger partial charge in [-0.3, -0.25) is 9.59 Å². The average Bonchev–Trinajstić information content (AvgIpc) is 2.82. The van der Waals surface area contributed by atoms with Crippen molar-refractivity contribution in [1.29, 1.82) is 0 Å². The first-order valence-electron chi connectivity index (χ1n) is 6.53. The summed E-state index contributed by atoms with van der Waals surface area (Å²) in [7, 11) is 0. The van der Waals surface area contributed by atoms with Gasteiger partial charge in [-0.25, -0.2) is 4.68 Å². The quantitative estimate of drug-likeness (QED) is 0.658. The van der Waals surface area contributed by atoms with Gasteiger partial charge in [-0.2, -0.15) is 0 Å². The van der Waals surface area contributed by atoms with Crippen LogP contribution < -0.4 is 5.32 Å². The van der Waals surface area contributed by atoms with Gasteiger partial charge in [-0.1, -0.05) is 18.6 Å². The van der Waals surface area contributed by atoms with Crippen LogP contribution in [-0.4, -0.2) is 43.0 Å². The second kappa shape index (κ2) is 8.57. The van der Waals surface area contributed by atoms with E-state index in [4.69, 9.17) is 5.11 Å². The van der Waals surface area contributed by atoms with E-state index in [1.54, 1.807) is 11.8 Å². The summed E-state index contributed by atoms with van der Waals surface area (Å²) in [5.74, 6) is -0.0507. The van der Waals surface area contributed by atoms with Crippen LogP contribution in [0.1, 0.15) is 32.4 Å². The molecular weight excluding hydrogens is 280 g/mol. The van der Waals surface area contributed by atoms with Gasteiger partial charge in [0.25, 0.3) is 0 Å². The van der Waals surface area contributed by atoms with Crippen LogP contribution in [0.4, 0.5) is 0 Å². The summed E-state index contributed by atoms with van der Waals surface area (Å²) in [6, 6.07) is 0. The predicted octanol–water partition coefficient (Wildman–Crippen LogP) is 0.901. The Morgan fingerprint density at radius 3 is 2.95 bits per heavy atom. The van der Waals surface area contributed by atoms with Crippen LogP contribution in [0.2, 0.25) is 0 Å². The van der Waals surface area contributed by atoms with Gasteiger partial charge in [-0.15, -0.1) is 16.9 Å². The highest BCUT2D eigenvalue weighted by Crippen LogP contribution is 2.12. The van der Waals surface area contributed by atoms with Gasteiger partial charge in [0.2, 0.25) is 5.91 Å². The molecule has 0 spiro atoms. The van der Waals surface area contributed by atoms with Crippen molar-refractivity contribution in [2.24, 2.45) is 0 Å². The third-order valence-corrected chi connectivity index (χ3v) is 3.80. The van der Waals surface area contributed by atoms with Gasteiger partial charge in [0.05, 0.1) is 18.0 Å². The molecule has 0 saturated carbocycles. The summed E-state index contributed by atoms with van der Waals surface area (Å²) in [5, 5.41) is 18.7. The fourth-order valence-electron chi connectivity index (χ4n) is 1.44. The molecule has 0 aromatic carbocycles. The lowest BCUT2D eigenvalue weighted by Crippen LogP contribution is -2.30. The first-order chi connectivity index (χ1) is 9.52. The third-order valence-electron chi connectivity index (χ3n) is 2.56. The zero-order valence-electron chi connectivity index (χ0n) is 11.7. The molecule has 1 aromatic rings. The predicted molar refractivity (Wildman–Crippen MR) is 76.3 cm³/mol. The minimum Gasteiger partial charge on any atom is -0.480 e. The van der Waals surface area contributed by atoms with Crippen molar-refractivity contribution in [2.45, 2.75) is 45.0 Å². The number of carboxylic acid groups (broad SMARTS) is 1. The molecule has 0 radical (unpaired) electrons. The second-order valence-electron chi connectivity index (χ2n) is 4.39. The van der Waals surface area contributed by atoms with E-state index in [0.717, 1.165) is 18.6 Å². The van der Waals surface area contributed by atoms with E-state index < -0.39 is 5.97 Å². The summed E-state index contributed by atoms with van der Waals surface area (Å²) in [5.41, 5.74) is 0.547. The molecule has 1 amide bonds. The largest absolute Gasteiger partial charge is 0.480 e. The van der Waals surface area contributed by atoms with E-state index in [1.165, 1.54) is 10.9 Å². The molecule has 112 valence electrons. The highest BCUT2D eigenvalue weighted by molar-refractivity contribution is 8.00. The Kier molecular flexibility index (Phi) is 7.06. The van der Waals surface area contributed by atoms with Crippen LogP contribution in [0.25, 0.3) is 0 Å². The van der Waals surface area contributed by atoms with Gasteiger partial charge in [-0.05, 0) is 19.1 Å². The molecule has 20 heavy (non-hydrogen) atoms. The van der Waals surface area contributed by atoms with Crippen molar-refractivity contribution in [1.82, 2.24) is 20.3 Å². The molecule has 1 atom stereocenters. The molecule has 0 saturated heterocycles. The fourth-order valence-corrected chi connectivity index (χ4v) is 2.48. The average molecular weight is 300 g/mol. The van der Waals surface area contributed by atoms with Crippen molar-refractivity contribution in [3.63, 3.8) is 0 Å². The molecule has 0 aliphatic carbocycles. The number of rotatable bonds is 9. The second-order valence-corrected chi connectivity index (χ2v) is 5.83. The maximum atomic E-state index is 11.8. The fraction of sp³-hybridized carbons (Fsp3) is 0.667. The Balaban J connectivity index is 2.33. The van der Waals surface area contributed by atoms with Crippen molar-refractivity contribution in [3.05, 3.63) is 11.9 Å². The first kappa shape index (κ1) is 16.5. The molecular formula is C12H20N4O3S. The van der Waals surface area contributed by atoms with Crippen LogP contribution in [0.5, 0.6) is 0 Å². The van der Waals surface area contributed by atoms with Crippen LogP contribution in [0, 0.1) is 0 Å². The number of aliphatic carboxylic acids is 1. The lowest BCUT2D eigenvalue weighted by molar-refractivity contribution is -0.138. The molecule has 1 heterocycles.